The van der Waals surface area contributed by atoms with Crippen molar-refractivity contribution in [2.24, 2.45) is 5.92 Å². The molecule has 0 bridgehead atoms. The first-order chi connectivity index (χ1) is 15.9. The standard InChI is InChI=1S/C24H23N3O4S2/c28-23(16-7-8-16)25-19-4-2-5-20(14-19)26-24(29)17-3-1-6-21(13-17)33(30,31)27-11-9-22-18(15-27)10-12-32-22/h1-6,10,12-14,16H,7-9,11,15H2,(H,25,28)(H,26,29). The Bertz CT molecular complexity index is 1330. The number of hydrogen-bond donors (Lipinski definition) is 2. The van der Waals surface area contributed by atoms with E-state index in [4.69, 9.17) is 0 Å². The topological polar surface area (TPSA) is 95.6 Å². The Morgan fingerprint density at radius 3 is 2.52 bits per heavy atom. The second-order valence-electron chi connectivity index (χ2n) is 8.28. The molecule has 5 rings (SSSR count). The number of anilines is 2. The summed E-state index contributed by atoms with van der Waals surface area (Å²) in [4.78, 5) is 26.2. The molecule has 170 valence electrons. The second-order valence-corrected chi connectivity index (χ2v) is 11.2. The van der Waals surface area contributed by atoms with Gasteiger partial charge in [0.05, 0.1) is 4.90 Å². The molecule has 33 heavy (non-hydrogen) atoms. The molecule has 2 N–H and O–H groups in total. The Kier molecular flexibility index (Phi) is 5.77. The SMILES string of the molecule is O=C(Nc1cccc(NC(=O)C2CC2)c1)c1cccc(S(=O)(=O)N2CCc3sccc3C2)c1. The van der Waals surface area contributed by atoms with Gasteiger partial charge in [-0.1, -0.05) is 12.1 Å². The van der Waals surface area contributed by atoms with Gasteiger partial charge in [0.1, 0.15) is 0 Å². The van der Waals surface area contributed by atoms with E-state index in [9.17, 15) is 18.0 Å². The van der Waals surface area contributed by atoms with Crippen LogP contribution >= 0.6 is 11.3 Å². The van der Waals surface area contributed by atoms with Gasteiger partial charge in [0.25, 0.3) is 5.91 Å². The highest BCUT2D eigenvalue weighted by Crippen LogP contribution is 2.31. The predicted octanol–water partition coefficient (Wildman–Crippen LogP) is 4.10. The first-order valence-electron chi connectivity index (χ1n) is 10.8. The van der Waals surface area contributed by atoms with Crippen LogP contribution in [0, 0.1) is 5.92 Å². The fourth-order valence-corrected chi connectivity index (χ4v) is 6.20. The molecular weight excluding hydrogens is 458 g/mol. The molecule has 3 aromatic rings. The molecule has 1 aliphatic heterocycles. The van der Waals surface area contributed by atoms with Crippen LogP contribution in [-0.2, 0) is 27.8 Å². The summed E-state index contributed by atoms with van der Waals surface area (Å²) in [5.41, 5.74) is 2.41. The number of benzene rings is 2. The maximum atomic E-state index is 13.2. The fraction of sp³-hybridized carbons (Fsp3) is 0.250. The minimum atomic E-state index is -3.72. The molecule has 0 atom stereocenters. The Labute approximate surface area is 196 Å². The first kappa shape index (κ1) is 21.8. The van der Waals surface area contributed by atoms with E-state index in [1.54, 1.807) is 47.7 Å². The van der Waals surface area contributed by atoms with Crippen molar-refractivity contribution in [3.8, 4) is 0 Å². The van der Waals surface area contributed by atoms with Crippen molar-refractivity contribution in [1.29, 1.82) is 0 Å². The highest BCUT2D eigenvalue weighted by Gasteiger charge is 2.30. The van der Waals surface area contributed by atoms with Crippen LogP contribution in [0.1, 0.15) is 33.6 Å². The molecule has 2 aromatic carbocycles. The van der Waals surface area contributed by atoms with Crippen molar-refractivity contribution in [1.82, 2.24) is 4.31 Å². The number of fused-ring (bicyclic) bond motifs is 1. The Balaban J connectivity index is 1.31. The first-order valence-corrected chi connectivity index (χ1v) is 13.1. The molecule has 7 nitrogen and oxygen atoms in total. The van der Waals surface area contributed by atoms with E-state index < -0.39 is 15.9 Å². The highest BCUT2D eigenvalue weighted by atomic mass is 32.2. The molecule has 1 aliphatic carbocycles. The number of rotatable bonds is 6. The maximum absolute atomic E-state index is 13.2. The van der Waals surface area contributed by atoms with Crippen LogP contribution in [0.2, 0.25) is 0 Å². The highest BCUT2D eigenvalue weighted by molar-refractivity contribution is 7.89. The Morgan fingerprint density at radius 1 is 0.970 bits per heavy atom. The third-order valence-electron chi connectivity index (χ3n) is 5.84. The molecule has 1 saturated carbocycles. The summed E-state index contributed by atoms with van der Waals surface area (Å²) >= 11 is 1.65. The number of thiophene rings is 1. The Hall–Kier alpha value is -3.01. The second kappa shape index (κ2) is 8.74. The van der Waals surface area contributed by atoms with E-state index in [0.717, 1.165) is 18.4 Å². The molecule has 2 aliphatic rings. The molecule has 0 spiro atoms. The van der Waals surface area contributed by atoms with Crippen LogP contribution in [0.15, 0.2) is 64.9 Å². The van der Waals surface area contributed by atoms with Crippen molar-refractivity contribution in [2.45, 2.75) is 30.7 Å². The number of carbonyl (C=O) groups excluding carboxylic acids is 2. The van der Waals surface area contributed by atoms with Gasteiger partial charge < -0.3 is 10.6 Å². The lowest BCUT2D eigenvalue weighted by Crippen LogP contribution is -2.35. The maximum Gasteiger partial charge on any atom is 0.255 e. The average molecular weight is 482 g/mol. The summed E-state index contributed by atoms with van der Waals surface area (Å²) in [7, 11) is -3.72. The van der Waals surface area contributed by atoms with E-state index in [0.29, 0.717) is 30.9 Å². The molecule has 9 heteroatoms. The summed E-state index contributed by atoms with van der Waals surface area (Å²) in [5.74, 6) is -0.348. The zero-order chi connectivity index (χ0) is 23.0. The van der Waals surface area contributed by atoms with Crippen LogP contribution < -0.4 is 10.6 Å². The number of nitrogens with zero attached hydrogens (tertiary/aromatic N) is 1. The van der Waals surface area contributed by atoms with Gasteiger partial charge in [-0.3, -0.25) is 9.59 Å². The summed E-state index contributed by atoms with van der Waals surface area (Å²) in [5, 5.41) is 7.62. The lowest BCUT2D eigenvalue weighted by atomic mass is 10.1. The Morgan fingerprint density at radius 2 is 1.73 bits per heavy atom. The summed E-state index contributed by atoms with van der Waals surface area (Å²) in [6.07, 6.45) is 2.51. The summed E-state index contributed by atoms with van der Waals surface area (Å²) in [6, 6.07) is 15.0. The number of sulfonamides is 1. The van der Waals surface area contributed by atoms with Crippen molar-refractivity contribution in [2.75, 3.05) is 17.2 Å². The molecule has 0 radical (unpaired) electrons. The van der Waals surface area contributed by atoms with Gasteiger partial charge in [0, 0.05) is 40.8 Å². The smallest absolute Gasteiger partial charge is 0.255 e. The fourth-order valence-electron chi connectivity index (χ4n) is 3.84. The van der Waals surface area contributed by atoms with Crippen LogP contribution in [0.25, 0.3) is 0 Å². The molecule has 1 aromatic heterocycles. The van der Waals surface area contributed by atoms with Crippen molar-refractivity contribution in [3.63, 3.8) is 0 Å². The normalized spacial score (nSPS) is 16.1. The van der Waals surface area contributed by atoms with Crippen LogP contribution in [0.3, 0.4) is 0 Å². The number of hydrogen-bond acceptors (Lipinski definition) is 5. The quantitative estimate of drug-likeness (QED) is 0.554. The lowest BCUT2D eigenvalue weighted by Gasteiger charge is -2.26. The molecular formula is C24H23N3O4S2. The van der Waals surface area contributed by atoms with Crippen molar-refractivity contribution >= 4 is 44.5 Å². The zero-order valence-electron chi connectivity index (χ0n) is 17.8. The van der Waals surface area contributed by atoms with Gasteiger partial charge in [-0.05, 0) is 72.7 Å². The largest absolute Gasteiger partial charge is 0.326 e. The minimum Gasteiger partial charge on any atom is -0.326 e. The molecule has 1 fully saturated rings. The van der Waals surface area contributed by atoms with Crippen molar-refractivity contribution < 1.29 is 18.0 Å². The van der Waals surface area contributed by atoms with Gasteiger partial charge in [0.2, 0.25) is 15.9 Å². The van der Waals surface area contributed by atoms with Gasteiger partial charge >= 0.3 is 0 Å². The van der Waals surface area contributed by atoms with Crippen LogP contribution in [0.4, 0.5) is 11.4 Å². The number of nitrogens with one attached hydrogen (secondary N) is 2. The predicted molar refractivity (Wildman–Crippen MR) is 128 cm³/mol. The summed E-state index contributed by atoms with van der Waals surface area (Å²) in [6.45, 7) is 0.766. The van der Waals surface area contributed by atoms with E-state index in [1.165, 1.54) is 21.3 Å². The van der Waals surface area contributed by atoms with Crippen molar-refractivity contribution in [3.05, 3.63) is 76.0 Å². The monoisotopic (exact) mass is 481 g/mol. The van der Waals surface area contributed by atoms with Gasteiger partial charge in [-0.2, -0.15) is 4.31 Å². The van der Waals surface area contributed by atoms with E-state index in [2.05, 4.69) is 10.6 Å². The minimum absolute atomic E-state index is 0.0105. The zero-order valence-corrected chi connectivity index (χ0v) is 19.4. The molecule has 2 amide bonds. The van der Waals surface area contributed by atoms with E-state index in [1.807, 2.05) is 11.4 Å². The van der Waals surface area contributed by atoms with Crippen LogP contribution in [-0.4, -0.2) is 31.1 Å². The lowest BCUT2D eigenvalue weighted by molar-refractivity contribution is -0.117. The number of amides is 2. The third kappa shape index (κ3) is 4.71. The molecule has 0 unspecified atom stereocenters. The van der Waals surface area contributed by atoms with Gasteiger partial charge in [-0.15, -0.1) is 11.3 Å². The number of carbonyl (C=O) groups is 2. The molecule has 2 heterocycles. The molecule has 0 saturated heterocycles. The van der Waals surface area contributed by atoms with E-state index >= 15 is 0 Å². The van der Waals surface area contributed by atoms with Gasteiger partial charge in [0.15, 0.2) is 0 Å². The summed E-state index contributed by atoms with van der Waals surface area (Å²) < 4.78 is 27.9. The van der Waals surface area contributed by atoms with E-state index in [-0.39, 0.29) is 22.3 Å². The average Bonchev–Trinajstić information content (AvgIpc) is 3.56. The van der Waals surface area contributed by atoms with Crippen LogP contribution in [0.5, 0.6) is 0 Å². The third-order valence-corrected chi connectivity index (χ3v) is 8.71. The van der Waals surface area contributed by atoms with Gasteiger partial charge in [-0.25, -0.2) is 8.42 Å².